The van der Waals surface area contributed by atoms with Crippen LogP contribution in [0.1, 0.15) is 25.8 Å². The molecular weight excluding hydrogens is 302 g/mol. The van der Waals surface area contributed by atoms with Crippen molar-refractivity contribution in [2.45, 2.75) is 27.2 Å². The molecule has 1 aliphatic heterocycles. The fourth-order valence-electron chi connectivity index (χ4n) is 2.13. The van der Waals surface area contributed by atoms with E-state index in [1.807, 2.05) is 0 Å². The minimum atomic E-state index is -0.407. The van der Waals surface area contributed by atoms with Gasteiger partial charge >= 0.3 is 0 Å². The summed E-state index contributed by atoms with van der Waals surface area (Å²) < 4.78 is 0. The summed E-state index contributed by atoms with van der Waals surface area (Å²) in [6, 6.07) is 4.74. The Kier molecular flexibility index (Phi) is 5.18. The number of rotatable bonds is 5. The van der Waals surface area contributed by atoms with E-state index in [4.69, 9.17) is 0 Å². The van der Waals surface area contributed by atoms with Gasteiger partial charge in [0.15, 0.2) is 5.17 Å². The molecule has 0 saturated carbocycles. The molecule has 7 heteroatoms. The first-order valence-corrected chi connectivity index (χ1v) is 8.17. The van der Waals surface area contributed by atoms with Gasteiger partial charge in [0.25, 0.3) is 5.69 Å². The first-order chi connectivity index (χ1) is 10.4. The van der Waals surface area contributed by atoms with Crippen molar-refractivity contribution in [3.8, 4) is 0 Å². The first-order valence-electron chi connectivity index (χ1n) is 7.19. The lowest BCUT2D eigenvalue weighted by Crippen LogP contribution is -2.33. The normalized spacial score (nSPS) is 18.0. The Bertz CT molecular complexity index is 630. The first kappa shape index (κ1) is 16.5. The van der Waals surface area contributed by atoms with E-state index >= 15 is 0 Å². The highest BCUT2D eigenvalue weighted by Gasteiger charge is 2.29. The number of hydrogen-bond acceptors (Lipinski definition) is 5. The second-order valence-corrected chi connectivity index (χ2v) is 6.37. The number of nitrogens with zero attached hydrogens (tertiary/aromatic N) is 3. The molecular formula is C15H19N3O3S. The van der Waals surface area contributed by atoms with Crippen LogP contribution in [0.2, 0.25) is 0 Å². The van der Waals surface area contributed by atoms with Crippen LogP contribution < -0.4 is 0 Å². The average molecular weight is 321 g/mol. The minimum Gasteiger partial charge on any atom is -0.290 e. The molecule has 0 bridgehead atoms. The maximum absolute atomic E-state index is 12.0. The predicted octanol–water partition coefficient (Wildman–Crippen LogP) is 3.51. The van der Waals surface area contributed by atoms with Crippen molar-refractivity contribution in [3.05, 3.63) is 33.9 Å². The Labute approximate surface area is 133 Å². The number of aliphatic imine (C=N–C) groups is 1. The van der Waals surface area contributed by atoms with Crippen molar-refractivity contribution < 1.29 is 9.72 Å². The molecule has 0 spiro atoms. The number of benzene rings is 1. The second-order valence-electron chi connectivity index (χ2n) is 5.43. The number of hydrogen-bond donors (Lipinski definition) is 0. The van der Waals surface area contributed by atoms with Crippen LogP contribution in [0.3, 0.4) is 0 Å². The molecule has 1 aromatic rings. The van der Waals surface area contributed by atoms with Gasteiger partial charge in [-0.2, -0.15) is 0 Å². The monoisotopic (exact) mass is 321 g/mol. The number of amidine groups is 1. The van der Waals surface area contributed by atoms with E-state index in [1.165, 1.54) is 17.8 Å². The molecule has 2 rings (SSSR count). The number of thioether (sulfide) groups is 1. The van der Waals surface area contributed by atoms with Gasteiger partial charge in [0.05, 0.1) is 16.4 Å². The molecule has 22 heavy (non-hydrogen) atoms. The van der Waals surface area contributed by atoms with Gasteiger partial charge < -0.3 is 0 Å². The molecule has 1 aromatic carbocycles. The molecule has 1 aliphatic rings. The van der Waals surface area contributed by atoms with Gasteiger partial charge in [-0.3, -0.25) is 19.8 Å². The van der Waals surface area contributed by atoms with E-state index in [-0.39, 0.29) is 11.6 Å². The summed E-state index contributed by atoms with van der Waals surface area (Å²) in [7, 11) is 0. The molecule has 1 heterocycles. The number of nitro benzene ring substituents is 1. The lowest BCUT2D eigenvalue weighted by Gasteiger charge is -2.19. The fraction of sp³-hybridized carbons (Fsp3) is 0.467. The van der Waals surface area contributed by atoms with E-state index in [2.05, 4.69) is 18.8 Å². The predicted molar refractivity (Wildman–Crippen MR) is 88.6 cm³/mol. The van der Waals surface area contributed by atoms with E-state index in [9.17, 15) is 14.9 Å². The highest BCUT2D eigenvalue weighted by Crippen LogP contribution is 2.28. The minimum absolute atomic E-state index is 0.0719. The third-order valence-electron chi connectivity index (χ3n) is 3.65. The number of nitro groups is 1. The molecule has 1 saturated heterocycles. The number of amides is 1. The standard InChI is InChI=1S/C15H19N3O3S/c1-4-10(2)8-17-14(19)9-22-15(17)16-12-5-6-13(18(20)21)11(3)7-12/h5-7,10H,4,8-9H2,1-3H3. The maximum atomic E-state index is 12.0. The summed E-state index contributed by atoms with van der Waals surface area (Å²) in [6.45, 7) is 6.54. The molecule has 118 valence electrons. The Morgan fingerprint density at radius 2 is 2.23 bits per heavy atom. The fourth-order valence-corrected chi connectivity index (χ4v) is 3.04. The average Bonchev–Trinajstić information content (AvgIpc) is 2.79. The SMILES string of the molecule is CCC(C)CN1C(=O)CSC1=Nc1ccc([N+](=O)[O-])c(C)c1. The Balaban J connectivity index is 2.25. The number of carbonyl (C=O) groups excluding carboxylic acids is 1. The lowest BCUT2D eigenvalue weighted by molar-refractivity contribution is -0.385. The third-order valence-corrected chi connectivity index (χ3v) is 4.61. The smallest absolute Gasteiger partial charge is 0.272 e. The van der Waals surface area contributed by atoms with Crippen LogP contribution in [0.4, 0.5) is 11.4 Å². The van der Waals surface area contributed by atoms with Crippen LogP contribution >= 0.6 is 11.8 Å². The summed E-state index contributed by atoms with van der Waals surface area (Å²) in [6.07, 6.45) is 0.998. The van der Waals surface area contributed by atoms with Crippen molar-refractivity contribution in [2.24, 2.45) is 10.9 Å². The molecule has 1 atom stereocenters. The van der Waals surface area contributed by atoms with E-state index in [1.54, 1.807) is 24.0 Å². The van der Waals surface area contributed by atoms with Crippen LogP contribution in [0, 0.1) is 23.0 Å². The number of carbonyl (C=O) groups is 1. The molecule has 1 fully saturated rings. The maximum Gasteiger partial charge on any atom is 0.272 e. The van der Waals surface area contributed by atoms with Crippen LogP contribution in [-0.2, 0) is 4.79 Å². The van der Waals surface area contributed by atoms with Crippen LogP contribution in [0.25, 0.3) is 0 Å². The molecule has 1 unspecified atom stereocenters. The topological polar surface area (TPSA) is 75.8 Å². The van der Waals surface area contributed by atoms with E-state index in [0.717, 1.165) is 6.42 Å². The quantitative estimate of drug-likeness (QED) is 0.614. The Morgan fingerprint density at radius 1 is 1.50 bits per heavy atom. The van der Waals surface area contributed by atoms with Crippen molar-refractivity contribution in [1.29, 1.82) is 0 Å². The Hall–Kier alpha value is -1.89. The van der Waals surface area contributed by atoms with Gasteiger partial charge in [-0.1, -0.05) is 32.0 Å². The summed E-state index contributed by atoms with van der Waals surface area (Å²) in [4.78, 5) is 28.6. The summed E-state index contributed by atoms with van der Waals surface area (Å²) >= 11 is 1.41. The van der Waals surface area contributed by atoms with Gasteiger partial charge in [-0.15, -0.1) is 0 Å². The molecule has 0 N–H and O–H groups in total. The largest absolute Gasteiger partial charge is 0.290 e. The Morgan fingerprint density at radius 3 is 2.82 bits per heavy atom. The van der Waals surface area contributed by atoms with Gasteiger partial charge in [-0.25, -0.2) is 4.99 Å². The molecule has 6 nitrogen and oxygen atoms in total. The molecule has 0 aromatic heterocycles. The van der Waals surface area contributed by atoms with Crippen LogP contribution in [-0.4, -0.2) is 33.2 Å². The van der Waals surface area contributed by atoms with Crippen LogP contribution in [0.15, 0.2) is 23.2 Å². The van der Waals surface area contributed by atoms with Gasteiger partial charge in [0.2, 0.25) is 5.91 Å². The second kappa shape index (κ2) is 6.91. The molecule has 1 amide bonds. The third kappa shape index (κ3) is 3.65. The zero-order valence-electron chi connectivity index (χ0n) is 12.9. The summed E-state index contributed by atoms with van der Waals surface area (Å²) in [5.74, 6) is 0.885. The highest BCUT2D eigenvalue weighted by atomic mass is 32.2. The van der Waals surface area contributed by atoms with E-state index < -0.39 is 4.92 Å². The summed E-state index contributed by atoms with van der Waals surface area (Å²) in [5, 5.41) is 11.5. The van der Waals surface area contributed by atoms with Crippen molar-refractivity contribution >= 4 is 34.2 Å². The van der Waals surface area contributed by atoms with Gasteiger partial charge in [-0.05, 0) is 25.0 Å². The molecule has 0 radical (unpaired) electrons. The zero-order chi connectivity index (χ0) is 16.3. The summed E-state index contributed by atoms with van der Waals surface area (Å²) in [5.41, 5.74) is 1.28. The van der Waals surface area contributed by atoms with Crippen LogP contribution in [0.5, 0.6) is 0 Å². The highest BCUT2D eigenvalue weighted by molar-refractivity contribution is 8.15. The molecule has 0 aliphatic carbocycles. The lowest BCUT2D eigenvalue weighted by atomic mass is 10.1. The number of aryl methyl sites for hydroxylation is 1. The van der Waals surface area contributed by atoms with E-state index in [0.29, 0.717) is 34.6 Å². The van der Waals surface area contributed by atoms with Crippen molar-refractivity contribution in [2.75, 3.05) is 12.3 Å². The van der Waals surface area contributed by atoms with Gasteiger partial charge in [0, 0.05) is 18.2 Å². The van der Waals surface area contributed by atoms with Crippen molar-refractivity contribution in [3.63, 3.8) is 0 Å². The zero-order valence-corrected chi connectivity index (χ0v) is 13.7. The van der Waals surface area contributed by atoms with Gasteiger partial charge in [0.1, 0.15) is 0 Å². The van der Waals surface area contributed by atoms with Crippen molar-refractivity contribution in [1.82, 2.24) is 4.90 Å².